The molecule has 3 N–H and O–H groups in total. The van der Waals surface area contributed by atoms with E-state index in [9.17, 15) is 9.59 Å². The highest BCUT2D eigenvalue weighted by Crippen LogP contribution is 2.14. The van der Waals surface area contributed by atoms with Crippen molar-refractivity contribution in [3.05, 3.63) is 0 Å². The molecule has 0 aromatic carbocycles. The molecular weight excluding hydrogens is 274 g/mol. The number of carbonyl (C=O) groups excluding carboxylic acids is 2. The zero-order chi connectivity index (χ0) is 15.4. The number of nitrogens with zero attached hydrogens (tertiary/aromatic N) is 4. The predicted molar refractivity (Wildman–Crippen MR) is 78.1 cm³/mol. The van der Waals surface area contributed by atoms with Gasteiger partial charge in [0.05, 0.1) is 0 Å². The summed E-state index contributed by atoms with van der Waals surface area (Å²) in [5, 5.41) is 8.26. The van der Waals surface area contributed by atoms with E-state index in [2.05, 4.69) is 30.9 Å². The van der Waals surface area contributed by atoms with Gasteiger partial charge in [-0.25, -0.2) is 0 Å². The topological polar surface area (TPSA) is 112 Å². The van der Waals surface area contributed by atoms with E-state index >= 15 is 0 Å². The molecule has 1 aliphatic heterocycles. The highest BCUT2D eigenvalue weighted by atomic mass is 16.2. The minimum Gasteiger partial charge on any atom is -0.354 e. The fourth-order valence-electron chi connectivity index (χ4n) is 1.85. The van der Waals surface area contributed by atoms with E-state index in [1.807, 2.05) is 21.0 Å². The van der Waals surface area contributed by atoms with Gasteiger partial charge in [0.15, 0.2) is 0 Å². The Balaban J connectivity index is 2.18. The van der Waals surface area contributed by atoms with Crippen LogP contribution in [0.15, 0.2) is 0 Å². The molecule has 114 valence electrons. The van der Waals surface area contributed by atoms with Crippen LogP contribution in [-0.2, 0) is 9.59 Å². The van der Waals surface area contributed by atoms with Gasteiger partial charge in [-0.05, 0) is 13.3 Å². The van der Waals surface area contributed by atoms with Gasteiger partial charge in [-0.15, -0.1) is 0 Å². The van der Waals surface area contributed by atoms with Crippen LogP contribution in [0.2, 0.25) is 0 Å². The van der Waals surface area contributed by atoms with Crippen LogP contribution in [-0.4, -0.2) is 53.4 Å². The Labute approximate surface area is 122 Å². The van der Waals surface area contributed by atoms with Gasteiger partial charge in [0, 0.05) is 27.1 Å². The zero-order valence-corrected chi connectivity index (χ0v) is 12.3. The second-order valence-corrected chi connectivity index (χ2v) is 4.86. The summed E-state index contributed by atoms with van der Waals surface area (Å²) in [6.45, 7) is 2.61. The Morgan fingerprint density at radius 2 is 1.95 bits per heavy atom. The Hall–Kier alpha value is -2.45. The molecule has 1 unspecified atom stereocenters. The maximum atomic E-state index is 11.7. The van der Waals surface area contributed by atoms with Crippen molar-refractivity contribution >= 4 is 29.7 Å². The van der Waals surface area contributed by atoms with E-state index in [1.165, 1.54) is 0 Å². The van der Waals surface area contributed by atoms with Gasteiger partial charge in [0.1, 0.15) is 6.04 Å². The van der Waals surface area contributed by atoms with Gasteiger partial charge < -0.3 is 15.5 Å². The number of carbonyl (C=O) groups is 2. The first-order chi connectivity index (χ1) is 9.99. The highest BCUT2D eigenvalue weighted by Gasteiger charge is 2.27. The van der Waals surface area contributed by atoms with E-state index in [1.54, 1.807) is 4.90 Å². The van der Waals surface area contributed by atoms with E-state index in [4.69, 9.17) is 0 Å². The second kappa shape index (κ2) is 6.33. The third-order valence-corrected chi connectivity index (χ3v) is 2.90. The Morgan fingerprint density at radius 1 is 1.24 bits per heavy atom. The standard InChI is InChI=1S/C12H19N7O2/c1-4-13-10-16-11(18-12(17-10)19(2)3)14-7-5-6-8(20)15-9(7)21/h7H,4-6H2,1-3H3,(H,15,20,21)(H2,13,14,16,17,18). The first kappa shape index (κ1) is 14.9. The van der Waals surface area contributed by atoms with Crippen molar-refractivity contribution in [1.82, 2.24) is 20.3 Å². The average molecular weight is 293 g/mol. The van der Waals surface area contributed by atoms with E-state index < -0.39 is 6.04 Å². The van der Waals surface area contributed by atoms with Crippen LogP contribution >= 0.6 is 0 Å². The van der Waals surface area contributed by atoms with Crippen molar-refractivity contribution in [2.24, 2.45) is 0 Å². The molecule has 9 heteroatoms. The first-order valence-electron chi connectivity index (χ1n) is 6.77. The number of nitrogens with one attached hydrogen (secondary N) is 3. The minimum atomic E-state index is -0.519. The van der Waals surface area contributed by atoms with Crippen molar-refractivity contribution in [2.45, 2.75) is 25.8 Å². The van der Waals surface area contributed by atoms with Gasteiger partial charge in [-0.1, -0.05) is 0 Å². The summed E-state index contributed by atoms with van der Waals surface area (Å²) in [6.07, 6.45) is 0.722. The lowest BCUT2D eigenvalue weighted by Gasteiger charge is -2.22. The lowest BCUT2D eigenvalue weighted by Crippen LogP contribution is -2.47. The molecular formula is C12H19N7O2. The van der Waals surface area contributed by atoms with Crippen LogP contribution in [0.1, 0.15) is 19.8 Å². The number of hydrogen-bond donors (Lipinski definition) is 3. The summed E-state index contributed by atoms with van der Waals surface area (Å²) < 4.78 is 0. The predicted octanol–water partition coefficient (Wildman–Crippen LogP) is -0.413. The summed E-state index contributed by atoms with van der Waals surface area (Å²) in [5.74, 6) is 0.611. The molecule has 0 aliphatic carbocycles. The number of imide groups is 1. The molecule has 1 aliphatic rings. The molecule has 1 aromatic heterocycles. The third-order valence-electron chi connectivity index (χ3n) is 2.90. The monoisotopic (exact) mass is 293 g/mol. The van der Waals surface area contributed by atoms with Crippen LogP contribution in [0.5, 0.6) is 0 Å². The summed E-state index contributed by atoms with van der Waals surface area (Å²) in [4.78, 5) is 37.3. The fraction of sp³-hybridized carbons (Fsp3) is 0.583. The molecule has 2 heterocycles. The molecule has 2 amide bonds. The van der Waals surface area contributed by atoms with E-state index in [0.29, 0.717) is 37.2 Å². The van der Waals surface area contributed by atoms with Gasteiger partial charge in [-0.2, -0.15) is 15.0 Å². The third kappa shape index (κ3) is 3.77. The second-order valence-electron chi connectivity index (χ2n) is 4.86. The molecule has 1 atom stereocenters. The maximum absolute atomic E-state index is 11.7. The maximum Gasteiger partial charge on any atom is 0.249 e. The molecule has 21 heavy (non-hydrogen) atoms. The summed E-state index contributed by atoms with van der Waals surface area (Å²) in [7, 11) is 3.64. The molecule has 0 spiro atoms. The Kier molecular flexibility index (Phi) is 4.51. The van der Waals surface area contributed by atoms with Crippen molar-refractivity contribution < 1.29 is 9.59 Å². The lowest BCUT2D eigenvalue weighted by molar-refractivity contribution is -0.133. The first-order valence-corrected chi connectivity index (χ1v) is 6.77. The molecule has 1 saturated heterocycles. The van der Waals surface area contributed by atoms with Crippen LogP contribution in [0.4, 0.5) is 17.8 Å². The van der Waals surface area contributed by atoms with Crippen LogP contribution in [0.25, 0.3) is 0 Å². The molecule has 0 saturated carbocycles. The molecule has 2 rings (SSSR count). The van der Waals surface area contributed by atoms with Crippen LogP contribution in [0.3, 0.4) is 0 Å². The largest absolute Gasteiger partial charge is 0.354 e. The van der Waals surface area contributed by atoms with Crippen LogP contribution in [0, 0.1) is 0 Å². The number of anilines is 3. The van der Waals surface area contributed by atoms with E-state index in [0.717, 1.165) is 0 Å². The fourth-order valence-corrected chi connectivity index (χ4v) is 1.85. The van der Waals surface area contributed by atoms with Crippen molar-refractivity contribution in [3.8, 4) is 0 Å². The van der Waals surface area contributed by atoms with Gasteiger partial charge in [-0.3, -0.25) is 14.9 Å². The van der Waals surface area contributed by atoms with Gasteiger partial charge in [0.2, 0.25) is 29.7 Å². The molecule has 1 fully saturated rings. The van der Waals surface area contributed by atoms with Crippen molar-refractivity contribution in [3.63, 3.8) is 0 Å². The number of rotatable bonds is 5. The normalized spacial score (nSPS) is 18.1. The SMILES string of the molecule is CCNc1nc(NC2CCC(=O)NC2=O)nc(N(C)C)n1. The highest BCUT2D eigenvalue weighted by molar-refractivity contribution is 6.01. The zero-order valence-electron chi connectivity index (χ0n) is 12.3. The van der Waals surface area contributed by atoms with Gasteiger partial charge in [0.25, 0.3) is 0 Å². The lowest BCUT2D eigenvalue weighted by atomic mass is 10.1. The Bertz CT molecular complexity index is 546. The molecule has 0 radical (unpaired) electrons. The summed E-state index contributed by atoms with van der Waals surface area (Å²) in [5.41, 5.74) is 0. The smallest absolute Gasteiger partial charge is 0.249 e. The molecule has 0 bridgehead atoms. The quantitative estimate of drug-likeness (QED) is 0.628. The van der Waals surface area contributed by atoms with Gasteiger partial charge >= 0.3 is 0 Å². The summed E-state index contributed by atoms with van der Waals surface area (Å²) >= 11 is 0. The average Bonchev–Trinajstić information content (AvgIpc) is 2.42. The van der Waals surface area contributed by atoms with E-state index in [-0.39, 0.29) is 11.8 Å². The van der Waals surface area contributed by atoms with Crippen molar-refractivity contribution in [2.75, 3.05) is 36.2 Å². The molecule has 1 aromatic rings. The minimum absolute atomic E-state index is 0.254. The molecule has 9 nitrogen and oxygen atoms in total. The summed E-state index contributed by atoms with van der Waals surface area (Å²) in [6, 6.07) is -0.519. The number of aromatic nitrogens is 3. The van der Waals surface area contributed by atoms with Crippen molar-refractivity contribution in [1.29, 1.82) is 0 Å². The van der Waals surface area contributed by atoms with Crippen LogP contribution < -0.4 is 20.9 Å². The number of hydrogen-bond acceptors (Lipinski definition) is 8. The Morgan fingerprint density at radius 3 is 2.57 bits per heavy atom. The number of piperidine rings is 1. The number of amides is 2.